The van der Waals surface area contributed by atoms with E-state index in [1.165, 1.54) is 0 Å². The molecule has 0 aromatic carbocycles. The highest BCUT2D eigenvalue weighted by Crippen LogP contribution is 2.03. The minimum atomic E-state index is -1.02. The largest absolute Gasteiger partial charge is 0.374 e. The zero-order valence-electron chi connectivity index (χ0n) is 6.50. The zero-order valence-corrected chi connectivity index (χ0v) is 8.09. The van der Waals surface area contributed by atoms with Crippen molar-refractivity contribution < 1.29 is 9.18 Å². The summed E-state index contributed by atoms with van der Waals surface area (Å²) >= 11 is 2.83. The summed E-state index contributed by atoms with van der Waals surface area (Å²) in [6.45, 7) is 0. The predicted molar refractivity (Wildman–Crippen MR) is 43.9 cm³/mol. The van der Waals surface area contributed by atoms with Gasteiger partial charge in [-0.2, -0.15) is 19.2 Å². The lowest BCUT2D eigenvalue weighted by Gasteiger charge is -1.96. The van der Waals surface area contributed by atoms with E-state index in [0.29, 0.717) is 4.68 Å². The summed E-state index contributed by atoms with van der Waals surface area (Å²) in [4.78, 5) is 18.2. The molecule has 0 unspecified atom stereocenters. The molecular weight excluding hydrogens is 259 g/mol. The van der Waals surface area contributed by atoms with E-state index in [1.807, 2.05) is 0 Å². The van der Waals surface area contributed by atoms with Crippen molar-refractivity contribution in [2.75, 3.05) is 0 Å². The standard InChI is InChI=1S/C5H2BrFN6O/c6-3-10-4(7)13(11-3)5(14)12-2-8-1-9-12/h1-2H. The molecule has 0 aliphatic heterocycles. The van der Waals surface area contributed by atoms with E-state index in [0.717, 1.165) is 17.3 Å². The number of nitrogens with zero attached hydrogens (tertiary/aromatic N) is 6. The van der Waals surface area contributed by atoms with Gasteiger partial charge in [-0.25, -0.2) is 9.78 Å². The monoisotopic (exact) mass is 260 g/mol. The van der Waals surface area contributed by atoms with Gasteiger partial charge in [0, 0.05) is 0 Å². The number of carbonyl (C=O) groups excluding carboxylic acids is 1. The van der Waals surface area contributed by atoms with Crippen molar-refractivity contribution in [2.24, 2.45) is 0 Å². The van der Waals surface area contributed by atoms with Crippen molar-refractivity contribution in [3.05, 3.63) is 23.5 Å². The fraction of sp³-hybridized carbons (Fsp3) is 0. The lowest BCUT2D eigenvalue weighted by Crippen LogP contribution is -2.22. The van der Waals surface area contributed by atoms with E-state index in [4.69, 9.17) is 0 Å². The maximum absolute atomic E-state index is 12.9. The number of halogens is 2. The molecule has 0 saturated heterocycles. The number of aromatic nitrogens is 6. The molecule has 0 spiro atoms. The van der Waals surface area contributed by atoms with Gasteiger partial charge in [0.25, 0.3) is 0 Å². The Balaban J connectivity index is 2.41. The Morgan fingerprint density at radius 1 is 1.57 bits per heavy atom. The van der Waals surface area contributed by atoms with Gasteiger partial charge in [0.1, 0.15) is 12.7 Å². The Hall–Kier alpha value is -1.64. The van der Waals surface area contributed by atoms with Crippen LogP contribution in [0.3, 0.4) is 0 Å². The van der Waals surface area contributed by atoms with Crippen LogP contribution in [0.4, 0.5) is 9.18 Å². The maximum Gasteiger partial charge on any atom is 0.374 e. The van der Waals surface area contributed by atoms with E-state index < -0.39 is 12.1 Å². The van der Waals surface area contributed by atoms with Crippen molar-refractivity contribution >= 4 is 22.0 Å². The minimum Gasteiger partial charge on any atom is -0.243 e. The molecular formula is C5H2BrFN6O. The zero-order chi connectivity index (χ0) is 10.1. The average Bonchev–Trinajstić information content (AvgIpc) is 2.73. The van der Waals surface area contributed by atoms with Crippen LogP contribution in [-0.2, 0) is 0 Å². The highest BCUT2D eigenvalue weighted by Gasteiger charge is 2.16. The van der Waals surface area contributed by atoms with Crippen LogP contribution in [0.15, 0.2) is 17.4 Å². The second kappa shape index (κ2) is 3.25. The first-order valence-corrected chi connectivity index (χ1v) is 4.15. The van der Waals surface area contributed by atoms with Gasteiger partial charge in [-0.15, -0.1) is 9.78 Å². The molecule has 0 bridgehead atoms. The lowest BCUT2D eigenvalue weighted by atomic mass is 10.9. The van der Waals surface area contributed by atoms with E-state index >= 15 is 0 Å². The molecule has 0 aliphatic rings. The summed E-state index contributed by atoms with van der Waals surface area (Å²) < 4.78 is 14.2. The normalized spacial score (nSPS) is 10.4. The SMILES string of the molecule is O=C(n1cncn1)n1nc(Br)nc1F. The molecule has 2 rings (SSSR count). The summed E-state index contributed by atoms with van der Waals surface area (Å²) in [5.41, 5.74) is 0. The third-order valence-corrected chi connectivity index (χ3v) is 1.67. The maximum atomic E-state index is 12.9. The van der Waals surface area contributed by atoms with Gasteiger partial charge < -0.3 is 0 Å². The number of hydrogen-bond donors (Lipinski definition) is 0. The Labute approximate surface area is 84.7 Å². The molecule has 0 atom stereocenters. The predicted octanol–water partition coefficient (Wildman–Crippen LogP) is 0.288. The van der Waals surface area contributed by atoms with Crippen molar-refractivity contribution in [2.45, 2.75) is 0 Å². The molecule has 7 nitrogen and oxygen atoms in total. The van der Waals surface area contributed by atoms with Crippen LogP contribution in [0.1, 0.15) is 0 Å². The summed E-state index contributed by atoms with van der Waals surface area (Å²) in [5, 5.41) is 7.00. The van der Waals surface area contributed by atoms with Gasteiger partial charge in [0.2, 0.25) is 4.73 Å². The smallest absolute Gasteiger partial charge is 0.243 e. The Morgan fingerprint density at radius 3 is 2.86 bits per heavy atom. The fourth-order valence-corrected chi connectivity index (χ4v) is 1.10. The molecule has 0 fully saturated rings. The summed E-state index contributed by atoms with van der Waals surface area (Å²) in [7, 11) is 0. The molecule has 0 radical (unpaired) electrons. The first-order valence-electron chi connectivity index (χ1n) is 3.36. The molecule has 2 heterocycles. The Bertz CT molecular complexity index is 465. The number of hydrogen-bond acceptors (Lipinski definition) is 5. The Morgan fingerprint density at radius 2 is 2.36 bits per heavy atom. The molecule has 72 valence electrons. The first-order chi connectivity index (χ1) is 6.68. The van der Waals surface area contributed by atoms with Gasteiger partial charge in [-0.05, 0) is 15.9 Å². The molecule has 0 saturated carbocycles. The lowest BCUT2D eigenvalue weighted by molar-refractivity contribution is 0.233. The molecule has 14 heavy (non-hydrogen) atoms. The van der Waals surface area contributed by atoms with E-state index in [-0.39, 0.29) is 4.73 Å². The molecule has 0 amide bonds. The van der Waals surface area contributed by atoms with Crippen LogP contribution in [-0.4, -0.2) is 35.6 Å². The summed E-state index contributed by atoms with van der Waals surface area (Å²) in [5.74, 6) is 0. The molecule has 2 aromatic heterocycles. The minimum absolute atomic E-state index is 0.0107. The second-order valence-corrected chi connectivity index (χ2v) is 2.89. The van der Waals surface area contributed by atoms with Crippen molar-refractivity contribution in [3.8, 4) is 0 Å². The van der Waals surface area contributed by atoms with Gasteiger partial charge in [0.05, 0.1) is 0 Å². The first kappa shape index (κ1) is 8.94. The van der Waals surface area contributed by atoms with Crippen LogP contribution in [0.2, 0.25) is 0 Å². The molecule has 9 heteroatoms. The van der Waals surface area contributed by atoms with Crippen LogP contribution in [0.25, 0.3) is 0 Å². The van der Waals surface area contributed by atoms with Gasteiger partial charge >= 0.3 is 12.1 Å². The topological polar surface area (TPSA) is 78.5 Å². The molecule has 0 N–H and O–H groups in total. The third-order valence-electron chi connectivity index (χ3n) is 1.34. The third kappa shape index (κ3) is 1.41. The van der Waals surface area contributed by atoms with Crippen LogP contribution < -0.4 is 0 Å². The average molecular weight is 261 g/mol. The van der Waals surface area contributed by atoms with E-state index in [2.05, 4.69) is 36.1 Å². The summed E-state index contributed by atoms with van der Waals surface area (Å²) in [6.07, 6.45) is 1.27. The van der Waals surface area contributed by atoms with Crippen LogP contribution in [0, 0.1) is 6.08 Å². The number of rotatable bonds is 0. The van der Waals surface area contributed by atoms with Crippen molar-refractivity contribution in [3.63, 3.8) is 0 Å². The quantitative estimate of drug-likeness (QED) is 0.680. The van der Waals surface area contributed by atoms with Gasteiger partial charge in [0.15, 0.2) is 0 Å². The van der Waals surface area contributed by atoms with Crippen molar-refractivity contribution in [1.82, 2.24) is 29.5 Å². The van der Waals surface area contributed by atoms with Gasteiger partial charge in [-0.1, -0.05) is 0 Å². The fourth-order valence-electron chi connectivity index (χ4n) is 0.795. The van der Waals surface area contributed by atoms with E-state index in [9.17, 15) is 9.18 Å². The van der Waals surface area contributed by atoms with Gasteiger partial charge in [-0.3, -0.25) is 0 Å². The van der Waals surface area contributed by atoms with Crippen molar-refractivity contribution in [1.29, 1.82) is 0 Å². The number of carbonyl (C=O) groups is 1. The highest BCUT2D eigenvalue weighted by molar-refractivity contribution is 9.10. The summed E-state index contributed by atoms with van der Waals surface area (Å²) in [6, 6.07) is -0.793. The van der Waals surface area contributed by atoms with E-state index in [1.54, 1.807) is 0 Å². The van der Waals surface area contributed by atoms with Crippen LogP contribution >= 0.6 is 15.9 Å². The Kier molecular flexibility index (Phi) is 2.08. The molecule has 2 aromatic rings. The van der Waals surface area contributed by atoms with Crippen LogP contribution in [0.5, 0.6) is 0 Å². The highest BCUT2D eigenvalue weighted by atomic mass is 79.9. The molecule has 0 aliphatic carbocycles. The second-order valence-electron chi connectivity index (χ2n) is 2.18.